The summed E-state index contributed by atoms with van der Waals surface area (Å²) in [4.78, 5) is 8.34. The number of nitrogens with zero attached hydrogens (tertiary/aromatic N) is 2. The van der Waals surface area contributed by atoms with Gasteiger partial charge in [0.2, 0.25) is 0 Å². The summed E-state index contributed by atoms with van der Waals surface area (Å²) in [6.45, 7) is 3.49. The molecule has 1 heterocycles. The number of para-hydroxylation sites is 1. The predicted octanol–water partition coefficient (Wildman–Crippen LogP) is 4.57. The van der Waals surface area contributed by atoms with Gasteiger partial charge in [-0.3, -0.25) is 0 Å². The normalized spacial score (nSPS) is 11.5. The molecule has 1 aromatic carbocycles. The fourth-order valence-electron chi connectivity index (χ4n) is 1.83. The largest absolute Gasteiger partial charge is 0.573 e. The second kappa shape index (κ2) is 5.89. The Morgan fingerprint density at radius 1 is 1.19 bits per heavy atom. The van der Waals surface area contributed by atoms with E-state index in [-0.39, 0.29) is 16.5 Å². The van der Waals surface area contributed by atoms with Crippen LogP contribution >= 0.6 is 11.6 Å². The van der Waals surface area contributed by atoms with Crippen molar-refractivity contribution in [3.05, 3.63) is 40.8 Å². The maximum atomic E-state index is 12.5. The number of aryl methyl sites for hydroxylation is 1. The summed E-state index contributed by atoms with van der Waals surface area (Å²) in [5.74, 6) is 0.146. The zero-order valence-corrected chi connectivity index (χ0v) is 12.1. The first-order valence-electron chi connectivity index (χ1n) is 6.20. The molecular weight excluding hydrogens is 305 g/mol. The van der Waals surface area contributed by atoms with Crippen molar-refractivity contribution in [3.8, 4) is 17.0 Å². The lowest BCUT2D eigenvalue weighted by Gasteiger charge is -2.15. The molecule has 0 aliphatic heterocycles. The first-order valence-corrected chi connectivity index (χ1v) is 6.57. The van der Waals surface area contributed by atoms with Gasteiger partial charge < -0.3 is 4.74 Å². The molecule has 0 amide bonds. The van der Waals surface area contributed by atoms with Crippen molar-refractivity contribution in [1.29, 1.82) is 0 Å². The Balaban J connectivity index is 2.59. The molecule has 112 valence electrons. The van der Waals surface area contributed by atoms with E-state index in [2.05, 4.69) is 14.7 Å². The lowest BCUT2D eigenvalue weighted by Crippen LogP contribution is -2.17. The van der Waals surface area contributed by atoms with E-state index in [1.807, 2.05) is 6.92 Å². The second-order valence-electron chi connectivity index (χ2n) is 4.30. The average molecular weight is 317 g/mol. The molecule has 2 rings (SSSR count). The molecule has 21 heavy (non-hydrogen) atoms. The molecule has 0 saturated carbocycles. The molecule has 0 aliphatic carbocycles. The molecule has 0 unspecified atom stereocenters. The molecule has 3 nitrogen and oxygen atoms in total. The van der Waals surface area contributed by atoms with Gasteiger partial charge >= 0.3 is 6.36 Å². The predicted molar refractivity (Wildman–Crippen MR) is 73.3 cm³/mol. The van der Waals surface area contributed by atoms with Crippen molar-refractivity contribution in [3.63, 3.8) is 0 Å². The SMILES string of the molecule is CCc1nc(Cl)c(C)c(-c2ccccc2OC(F)(F)F)n1. The van der Waals surface area contributed by atoms with Gasteiger partial charge in [-0.05, 0) is 19.1 Å². The van der Waals surface area contributed by atoms with Crippen LogP contribution in [0.3, 0.4) is 0 Å². The summed E-state index contributed by atoms with van der Waals surface area (Å²) in [5, 5.41) is 0.221. The van der Waals surface area contributed by atoms with Crippen LogP contribution in [0, 0.1) is 6.92 Å². The van der Waals surface area contributed by atoms with Crippen molar-refractivity contribution in [2.75, 3.05) is 0 Å². The van der Waals surface area contributed by atoms with Crippen LogP contribution in [0.25, 0.3) is 11.3 Å². The molecule has 0 aliphatic rings. The van der Waals surface area contributed by atoms with Crippen molar-refractivity contribution in [1.82, 2.24) is 9.97 Å². The highest BCUT2D eigenvalue weighted by molar-refractivity contribution is 6.30. The van der Waals surface area contributed by atoms with E-state index in [9.17, 15) is 13.2 Å². The van der Waals surface area contributed by atoms with Gasteiger partial charge in [-0.25, -0.2) is 9.97 Å². The molecule has 0 N–H and O–H groups in total. The van der Waals surface area contributed by atoms with Crippen LogP contribution in [0.4, 0.5) is 13.2 Å². The highest BCUT2D eigenvalue weighted by atomic mass is 35.5. The van der Waals surface area contributed by atoms with Crippen LogP contribution in [-0.2, 0) is 6.42 Å². The summed E-state index contributed by atoms with van der Waals surface area (Å²) >= 11 is 6.02. The van der Waals surface area contributed by atoms with E-state index in [1.54, 1.807) is 13.0 Å². The van der Waals surface area contributed by atoms with Crippen molar-refractivity contribution >= 4 is 11.6 Å². The number of hydrogen-bond acceptors (Lipinski definition) is 3. The maximum Gasteiger partial charge on any atom is 0.573 e. The molecule has 0 saturated heterocycles. The molecule has 0 radical (unpaired) electrons. The maximum absolute atomic E-state index is 12.5. The minimum Gasteiger partial charge on any atom is -0.405 e. The van der Waals surface area contributed by atoms with Gasteiger partial charge in [0, 0.05) is 17.5 Å². The zero-order chi connectivity index (χ0) is 15.6. The third-order valence-corrected chi connectivity index (χ3v) is 3.18. The summed E-state index contributed by atoms with van der Waals surface area (Å²) in [6.07, 6.45) is -4.25. The summed E-state index contributed by atoms with van der Waals surface area (Å²) in [6, 6.07) is 5.82. The van der Waals surface area contributed by atoms with Crippen LogP contribution < -0.4 is 4.74 Å². The van der Waals surface area contributed by atoms with Crippen molar-refractivity contribution in [2.24, 2.45) is 0 Å². The van der Waals surface area contributed by atoms with E-state index < -0.39 is 6.36 Å². The molecule has 0 fully saturated rings. The van der Waals surface area contributed by atoms with E-state index in [0.29, 0.717) is 23.5 Å². The molecule has 1 aromatic heterocycles. The van der Waals surface area contributed by atoms with Crippen LogP contribution in [0.15, 0.2) is 24.3 Å². The Morgan fingerprint density at radius 2 is 1.86 bits per heavy atom. The zero-order valence-electron chi connectivity index (χ0n) is 11.3. The average Bonchev–Trinajstić information content (AvgIpc) is 2.41. The number of ether oxygens (including phenoxy) is 1. The van der Waals surface area contributed by atoms with E-state index in [1.165, 1.54) is 18.2 Å². The summed E-state index contributed by atoms with van der Waals surface area (Å²) < 4.78 is 41.5. The van der Waals surface area contributed by atoms with E-state index >= 15 is 0 Å². The van der Waals surface area contributed by atoms with E-state index in [4.69, 9.17) is 11.6 Å². The number of hydrogen-bond donors (Lipinski definition) is 0. The number of aromatic nitrogens is 2. The lowest BCUT2D eigenvalue weighted by molar-refractivity contribution is -0.274. The number of benzene rings is 1. The fraction of sp³-hybridized carbons (Fsp3) is 0.286. The Kier molecular flexibility index (Phi) is 4.37. The Hall–Kier alpha value is -1.82. The van der Waals surface area contributed by atoms with Crippen LogP contribution in [0.5, 0.6) is 5.75 Å². The van der Waals surface area contributed by atoms with Gasteiger partial charge in [0.1, 0.15) is 16.7 Å². The summed E-state index contributed by atoms with van der Waals surface area (Å²) in [7, 11) is 0. The molecule has 0 bridgehead atoms. The summed E-state index contributed by atoms with van der Waals surface area (Å²) in [5.41, 5.74) is 1.07. The fourth-order valence-corrected chi connectivity index (χ4v) is 2.02. The Bertz CT molecular complexity index is 659. The van der Waals surface area contributed by atoms with Gasteiger partial charge in [-0.2, -0.15) is 0 Å². The standard InChI is InChI=1S/C14H12ClF3N2O/c1-3-11-19-12(8(2)13(15)20-11)9-6-4-5-7-10(9)21-14(16,17)18/h4-7H,3H2,1-2H3. The molecule has 2 aromatic rings. The lowest BCUT2D eigenvalue weighted by atomic mass is 10.1. The van der Waals surface area contributed by atoms with Gasteiger partial charge in [0.05, 0.1) is 5.69 Å². The van der Waals surface area contributed by atoms with Gasteiger partial charge in [-0.1, -0.05) is 30.7 Å². The highest BCUT2D eigenvalue weighted by Gasteiger charge is 2.32. The van der Waals surface area contributed by atoms with Crippen molar-refractivity contribution in [2.45, 2.75) is 26.6 Å². The molecular formula is C14H12ClF3N2O. The number of halogens is 4. The topological polar surface area (TPSA) is 35.0 Å². The minimum absolute atomic E-state index is 0.221. The first-order chi connectivity index (χ1) is 9.81. The number of alkyl halides is 3. The Morgan fingerprint density at radius 3 is 2.48 bits per heavy atom. The van der Waals surface area contributed by atoms with Gasteiger partial charge in [0.15, 0.2) is 0 Å². The first kappa shape index (κ1) is 15.6. The second-order valence-corrected chi connectivity index (χ2v) is 4.66. The van der Waals surface area contributed by atoms with Crippen molar-refractivity contribution < 1.29 is 17.9 Å². The Labute approximate surface area is 124 Å². The van der Waals surface area contributed by atoms with Crippen LogP contribution in [0.1, 0.15) is 18.3 Å². The molecule has 7 heteroatoms. The smallest absolute Gasteiger partial charge is 0.405 e. The van der Waals surface area contributed by atoms with Crippen LogP contribution in [0.2, 0.25) is 5.15 Å². The monoisotopic (exact) mass is 316 g/mol. The quantitative estimate of drug-likeness (QED) is 0.778. The van der Waals surface area contributed by atoms with E-state index in [0.717, 1.165) is 0 Å². The van der Waals surface area contributed by atoms with Gasteiger partial charge in [0.25, 0.3) is 0 Å². The third-order valence-electron chi connectivity index (χ3n) is 2.82. The highest BCUT2D eigenvalue weighted by Crippen LogP contribution is 2.35. The molecule has 0 spiro atoms. The number of rotatable bonds is 3. The van der Waals surface area contributed by atoms with Gasteiger partial charge in [-0.15, -0.1) is 13.2 Å². The third kappa shape index (κ3) is 3.64. The minimum atomic E-state index is -4.77. The van der Waals surface area contributed by atoms with Crippen LogP contribution in [-0.4, -0.2) is 16.3 Å². The molecule has 0 atom stereocenters.